The van der Waals surface area contributed by atoms with Gasteiger partial charge in [0.15, 0.2) is 0 Å². The quantitative estimate of drug-likeness (QED) is 0.0804. The van der Waals surface area contributed by atoms with Crippen LogP contribution in [0.5, 0.6) is 0 Å². The largest absolute Gasteiger partial charge is 0.516 e. The lowest BCUT2D eigenvalue weighted by molar-refractivity contribution is -0.141. The Labute approximate surface area is 198 Å². The molecule has 0 rings (SSSR count). The van der Waals surface area contributed by atoms with Gasteiger partial charge in [-0.05, 0) is 33.6 Å². The smallest absolute Gasteiger partial charge is 0.428 e. The fraction of sp³-hybridized carbons (Fsp3) is 0.857. The molecule has 0 saturated heterocycles. The van der Waals surface area contributed by atoms with Crippen LogP contribution in [0.15, 0.2) is 0 Å². The maximum atomic E-state index is 11.6. The van der Waals surface area contributed by atoms with Crippen LogP contribution in [-0.4, -0.2) is 17.7 Å². The number of unbranched alkanes of at least 4 members (excludes halogenated alkanes) is 18. The number of carbonyl (C=O) groups is 2. The highest BCUT2D eigenvalue weighted by Crippen LogP contribution is 2.15. The van der Waals surface area contributed by atoms with E-state index in [1.54, 1.807) is 20.8 Å². The molecular weight excluding hydrogens is 400 g/mol. The van der Waals surface area contributed by atoms with Crippen LogP contribution in [0.4, 0.5) is 4.79 Å². The average molecular weight is 451 g/mol. The number of hydrogen-bond donors (Lipinski definition) is 0. The van der Waals surface area contributed by atoms with Gasteiger partial charge in [-0.15, -0.1) is 12.3 Å². The third kappa shape index (κ3) is 24.8. The molecule has 0 aliphatic rings. The van der Waals surface area contributed by atoms with Crippen molar-refractivity contribution in [2.45, 2.75) is 155 Å². The lowest BCUT2D eigenvalue weighted by Crippen LogP contribution is -2.26. The Bertz CT molecular complexity index is 499. The molecule has 0 aromatic heterocycles. The van der Waals surface area contributed by atoms with Gasteiger partial charge in [-0.25, -0.2) is 4.79 Å². The predicted molar refractivity (Wildman–Crippen MR) is 133 cm³/mol. The van der Waals surface area contributed by atoms with Crippen LogP contribution < -0.4 is 0 Å². The summed E-state index contributed by atoms with van der Waals surface area (Å²) in [6.45, 7) is 5.23. The SMILES string of the molecule is C#CCCCCCCCCCCCCCCCCCCCCC(=O)OC(=O)OC(C)(C)C. The van der Waals surface area contributed by atoms with E-state index in [-0.39, 0.29) is 6.42 Å². The van der Waals surface area contributed by atoms with Crippen molar-refractivity contribution in [2.75, 3.05) is 0 Å². The van der Waals surface area contributed by atoms with Gasteiger partial charge in [0.1, 0.15) is 5.60 Å². The van der Waals surface area contributed by atoms with E-state index in [0.29, 0.717) is 0 Å². The Kier molecular flexibility index (Phi) is 20.4. The summed E-state index contributed by atoms with van der Waals surface area (Å²) >= 11 is 0. The summed E-state index contributed by atoms with van der Waals surface area (Å²) in [5, 5.41) is 0. The van der Waals surface area contributed by atoms with Crippen molar-refractivity contribution in [3.63, 3.8) is 0 Å². The first kappa shape index (κ1) is 30.5. The highest BCUT2D eigenvalue weighted by molar-refractivity contribution is 5.81. The van der Waals surface area contributed by atoms with Gasteiger partial charge in [-0.3, -0.25) is 4.79 Å². The minimum atomic E-state index is -0.898. The van der Waals surface area contributed by atoms with Gasteiger partial charge < -0.3 is 9.47 Å². The van der Waals surface area contributed by atoms with Crippen molar-refractivity contribution in [3.05, 3.63) is 0 Å². The molecule has 0 heterocycles. The molecule has 0 fully saturated rings. The van der Waals surface area contributed by atoms with Gasteiger partial charge in [0.05, 0.1) is 0 Å². The van der Waals surface area contributed by atoms with Crippen LogP contribution in [0.2, 0.25) is 0 Å². The Morgan fingerprint density at radius 3 is 1.31 bits per heavy atom. The van der Waals surface area contributed by atoms with E-state index in [1.807, 2.05) is 0 Å². The second kappa shape index (κ2) is 21.4. The van der Waals surface area contributed by atoms with E-state index in [1.165, 1.54) is 96.3 Å². The van der Waals surface area contributed by atoms with Gasteiger partial charge >= 0.3 is 12.1 Å². The van der Waals surface area contributed by atoms with Gasteiger partial charge in [-0.2, -0.15) is 0 Å². The summed E-state index contributed by atoms with van der Waals surface area (Å²) < 4.78 is 9.63. The Morgan fingerprint density at radius 1 is 0.625 bits per heavy atom. The number of hydrogen-bond acceptors (Lipinski definition) is 4. The molecule has 0 unspecified atom stereocenters. The molecule has 0 atom stereocenters. The molecule has 0 amide bonds. The van der Waals surface area contributed by atoms with Crippen molar-refractivity contribution in [1.29, 1.82) is 0 Å². The van der Waals surface area contributed by atoms with Gasteiger partial charge in [-0.1, -0.05) is 103 Å². The summed E-state index contributed by atoms with van der Waals surface area (Å²) in [5.74, 6) is 2.22. The van der Waals surface area contributed by atoms with Crippen molar-refractivity contribution >= 4 is 12.1 Å². The third-order valence-electron chi connectivity index (χ3n) is 5.54. The zero-order valence-corrected chi connectivity index (χ0v) is 21.4. The topological polar surface area (TPSA) is 52.6 Å². The van der Waals surface area contributed by atoms with Crippen molar-refractivity contribution in [2.24, 2.45) is 0 Å². The summed E-state index contributed by atoms with van der Waals surface area (Å²) in [6.07, 6.45) is 28.6. The number of terminal acetylenes is 1. The summed E-state index contributed by atoms with van der Waals surface area (Å²) in [6, 6.07) is 0. The van der Waals surface area contributed by atoms with E-state index in [4.69, 9.17) is 11.2 Å². The number of esters is 1. The molecule has 0 saturated carbocycles. The van der Waals surface area contributed by atoms with Crippen molar-refractivity contribution < 1.29 is 19.1 Å². The zero-order chi connectivity index (χ0) is 23.9. The number of carbonyl (C=O) groups excluding carboxylic acids is 2. The van der Waals surface area contributed by atoms with Crippen LogP contribution in [-0.2, 0) is 14.3 Å². The molecule has 4 heteroatoms. The summed E-state index contributed by atoms with van der Waals surface area (Å²) in [4.78, 5) is 23.0. The third-order valence-corrected chi connectivity index (χ3v) is 5.54. The lowest BCUT2D eigenvalue weighted by atomic mass is 10.0. The minimum absolute atomic E-state index is 0.283. The molecule has 0 spiro atoms. The summed E-state index contributed by atoms with van der Waals surface area (Å²) in [5.41, 5.74) is -0.639. The van der Waals surface area contributed by atoms with Crippen LogP contribution in [0.1, 0.15) is 149 Å². The van der Waals surface area contributed by atoms with Gasteiger partial charge in [0, 0.05) is 12.8 Å². The maximum Gasteiger partial charge on any atom is 0.516 e. The number of ether oxygens (including phenoxy) is 2. The normalized spacial score (nSPS) is 11.2. The molecule has 4 nitrogen and oxygen atoms in total. The number of rotatable bonds is 20. The molecule has 0 aliphatic heterocycles. The molecule has 186 valence electrons. The first-order chi connectivity index (χ1) is 15.3. The van der Waals surface area contributed by atoms with E-state index >= 15 is 0 Å². The first-order valence-corrected chi connectivity index (χ1v) is 13.2. The average Bonchev–Trinajstić information content (AvgIpc) is 2.70. The standard InChI is InChI=1S/C28H50O4/c1-5-6-7-8-9-10-11-12-13-14-15-16-17-18-19-20-21-22-23-24-25-26(29)31-27(30)32-28(2,3)4/h1H,6-25H2,2-4H3. The maximum absolute atomic E-state index is 11.6. The van der Waals surface area contributed by atoms with Crippen molar-refractivity contribution in [1.82, 2.24) is 0 Å². The van der Waals surface area contributed by atoms with Crippen LogP contribution in [0.25, 0.3) is 0 Å². The fourth-order valence-electron chi connectivity index (χ4n) is 3.74. The molecule has 0 aliphatic carbocycles. The van der Waals surface area contributed by atoms with E-state index in [0.717, 1.165) is 25.7 Å². The molecule has 0 radical (unpaired) electrons. The molecule has 0 N–H and O–H groups in total. The van der Waals surface area contributed by atoms with E-state index in [2.05, 4.69) is 10.7 Å². The van der Waals surface area contributed by atoms with Crippen molar-refractivity contribution in [3.8, 4) is 12.3 Å². The zero-order valence-electron chi connectivity index (χ0n) is 21.4. The highest BCUT2D eigenvalue weighted by atomic mass is 16.7. The second-order valence-electron chi connectivity index (χ2n) is 10.0. The van der Waals surface area contributed by atoms with Crippen LogP contribution in [0, 0.1) is 12.3 Å². The fourth-order valence-corrected chi connectivity index (χ4v) is 3.74. The molecule has 0 aromatic rings. The van der Waals surface area contributed by atoms with E-state index in [9.17, 15) is 9.59 Å². The molecular formula is C28H50O4. The van der Waals surface area contributed by atoms with Crippen LogP contribution >= 0.6 is 0 Å². The monoisotopic (exact) mass is 450 g/mol. The Hall–Kier alpha value is -1.50. The minimum Gasteiger partial charge on any atom is -0.428 e. The highest BCUT2D eigenvalue weighted by Gasteiger charge is 2.19. The van der Waals surface area contributed by atoms with E-state index < -0.39 is 17.7 Å². The Balaban J connectivity index is 3.23. The van der Waals surface area contributed by atoms with Gasteiger partial charge in [0.2, 0.25) is 0 Å². The second-order valence-corrected chi connectivity index (χ2v) is 10.0. The molecule has 0 bridgehead atoms. The molecule has 0 aromatic carbocycles. The molecule has 32 heavy (non-hydrogen) atoms. The Morgan fingerprint density at radius 2 is 0.969 bits per heavy atom. The van der Waals surface area contributed by atoms with Crippen LogP contribution in [0.3, 0.4) is 0 Å². The first-order valence-electron chi connectivity index (χ1n) is 13.2. The van der Waals surface area contributed by atoms with Gasteiger partial charge in [0.25, 0.3) is 0 Å². The summed E-state index contributed by atoms with van der Waals surface area (Å²) in [7, 11) is 0. The predicted octanol–water partition coefficient (Wildman–Crippen LogP) is 8.90. The lowest BCUT2D eigenvalue weighted by Gasteiger charge is -2.18.